The average Bonchev–Trinajstić information content (AvgIpc) is 3.77. The predicted octanol–water partition coefficient (Wildman–Crippen LogP) is 3.91. The Morgan fingerprint density at radius 2 is 1.97 bits per heavy atom. The molecule has 3 N–H and O–H groups in total. The van der Waals surface area contributed by atoms with Crippen molar-refractivity contribution in [1.29, 1.82) is 0 Å². The number of amides is 1. The second-order valence-electron chi connectivity index (χ2n) is 11.2. The van der Waals surface area contributed by atoms with Crippen LogP contribution in [0, 0.1) is 5.92 Å². The van der Waals surface area contributed by atoms with Gasteiger partial charge in [-0.1, -0.05) is 23.8 Å². The molecule has 0 aromatic heterocycles. The van der Waals surface area contributed by atoms with Gasteiger partial charge in [0, 0.05) is 19.2 Å². The van der Waals surface area contributed by atoms with Crippen molar-refractivity contribution in [2.24, 2.45) is 11.7 Å². The van der Waals surface area contributed by atoms with Crippen molar-refractivity contribution < 1.29 is 28.5 Å². The summed E-state index contributed by atoms with van der Waals surface area (Å²) in [4.78, 5) is 24.5. The molecule has 3 fully saturated rings. The lowest BCUT2D eigenvalue weighted by Gasteiger charge is -2.42. The van der Waals surface area contributed by atoms with Crippen LogP contribution in [0.5, 0.6) is 0 Å². The van der Waals surface area contributed by atoms with E-state index in [4.69, 9.17) is 24.7 Å². The van der Waals surface area contributed by atoms with Crippen molar-refractivity contribution in [3.63, 3.8) is 0 Å². The molecule has 2 saturated heterocycles. The summed E-state index contributed by atoms with van der Waals surface area (Å²) in [5.74, 6) is -0.407. The fourth-order valence-corrected chi connectivity index (χ4v) is 5.75. The molecule has 7 atom stereocenters. The van der Waals surface area contributed by atoms with Crippen molar-refractivity contribution in [3.05, 3.63) is 41.5 Å². The number of carbonyl (C=O) groups excluding carboxylic acids is 2. The number of ether oxygens (including phenoxy) is 4. The zero-order valence-corrected chi connectivity index (χ0v) is 22.8. The first-order chi connectivity index (χ1) is 17.6. The Morgan fingerprint density at radius 1 is 1.27 bits per heavy atom. The Morgan fingerprint density at radius 3 is 2.57 bits per heavy atom. The van der Waals surface area contributed by atoms with E-state index in [1.165, 1.54) is 5.57 Å². The van der Waals surface area contributed by atoms with E-state index in [9.17, 15) is 9.59 Å². The number of nitrogens with two attached hydrogens (primary N) is 1. The zero-order chi connectivity index (χ0) is 26.8. The summed E-state index contributed by atoms with van der Waals surface area (Å²) in [7, 11) is 1.69. The molecule has 0 unspecified atom stereocenters. The van der Waals surface area contributed by atoms with Crippen LogP contribution in [-0.4, -0.2) is 61.1 Å². The van der Waals surface area contributed by atoms with E-state index in [2.05, 4.69) is 32.2 Å². The lowest BCUT2D eigenvalue weighted by atomic mass is 9.68. The maximum absolute atomic E-state index is 12.8. The first-order valence-electron chi connectivity index (χ1n) is 13.4. The highest BCUT2D eigenvalue weighted by Gasteiger charge is 2.72. The molecule has 1 spiro atoms. The van der Waals surface area contributed by atoms with Crippen molar-refractivity contribution >= 4 is 17.6 Å². The number of epoxide rings is 2. The highest BCUT2D eigenvalue weighted by molar-refractivity contribution is 5.94. The third kappa shape index (κ3) is 6.42. The number of methoxy groups -OCH3 is 1. The van der Waals surface area contributed by atoms with Gasteiger partial charge in [-0.15, -0.1) is 0 Å². The minimum atomic E-state index is -0.561. The van der Waals surface area contributed by atoms with E-state index < -0.39 is 6.04 Å². The van der Waals surface area contributed by atoms with Gasteiger partial charge in [0.25, 0.3) is 0 Å². The molecule has 2 heterocycles. The number of esters is 1. The molecule has 37 heavy (non-hydrogen) atoms. The summed E-state index contributed by atoms with van der Waals surface area (Å²) in [5.41, 5.74) is 8.09. The van der Waals surface area contributed by atoms with E-state index in [1.54, 1.807) is 14.0 Å². The quantitative estimate of drug-likeness (QED) is 0.261. The van der Waals surface area contributed by atoms with E-state index >= 15 is 0 Å². The molecule has 1 aromatic carbocycles. The first-order valence-corrected chi connectivity index (χ1v) is 13.4. The number of benzene rings is 1. The third-order valence-electron chi connectivity index (χ3n) is 8.00. The van der Waals surface area contributed by atoms with Gasteiger partial charge >= 0.3 is 5.97 Å². The minimum absolute atomic E-state index is 0.0216. The molecule has 1 amide bonds. The second-order valence-corrected chi connectivity index (χ2v) is 11.2. The van der Waals surface area contributed by atoms with Crippen LogP contribution in [0.2, 0.25) is 0 Å². The monoisotopic (exact) mass is 514 g/mol. The number of nitrogens with one attached hydrogen (secondary N) is 1. The molecule has 204 valence electrons. The van der Waals surface area contributed by atoms with E-state index in [-0.39, 0.29) is 47.3 Å². The Bertz CT molecular complexity index is 998. The van der Waals surface area contributed by atoms with Crippen LogP contribution in [0.4, 0.5) is 5.69 Å². The zero-order valence-electron chi connectivity index (χ0n) is 22.8. The third-order valence-corrected chi connectivity index (χ3v) is 8.00. The number of hydrogen-bond donors (Lipinski definition) is 2. The van der Waals surface area contributed by atoms with Gasteiger partial charge in [-0.25, -0.2) is 0 Å². The maximum atomic E-state index is 12.8. The van der Waals surface area contributed by atoms with Crippen LogP contribution in [0.3, 0.4) is 0 Å². The number of anilines is 1. The summed E-state index contributed by atoms with van der Waals surface area (Å²) in [6.45, 7) is 8.69. The minimum Gasteiger partial charge on any atom is -0.460 e. The molecule has 4 rings (SSSR count). The molecule has 1 saturated carbocycles. The normalized spacial score (nSPS) is 32.9. The molecule has 8 nitrogen and oxygen atoms in total. The largest absolute Gasteiger partial charge is 0.460 e. The topological polar surface area (TPSA) is 116 Å². The van der Waals surface area contributed by atoms with E-state index in [0.717, 1.165) is 31.2 Å². The van der Waals surface area contributed by atoms with Gasteiger partial charge in [0.05, 0.1) is 24.7 Å². The lowest BCUT2D eigenvalue weighted by Crippen LogP contribution is -2.55. The first kappa shape index (κ1) is 27.8. The molecule has 2 aliphatic heterocycles. The number of allylic oxidation sites excluding steroid dienone is 1. The lowest BCUT2D eigenvalue weighted by molar-refractivity contribution is -0.172. The average molecular weight is 515 g/mol. The maximum Gasteiger partial charge on any atom is 0.306 e. The number of rotatable bonds is 11. The van der Waals surface area contributed by atoms with Crippen LogP contribution in [0.1, 0.15) is 65.4 Å². The van der Waals surface area contributed by atoms with Crippen LogP contribution < -0.4 is 11.1 Å². The van der Waals surface area contributed by atoms with Crippen LogP contribution in [0.25, 0.3) is 0 Å². The summed E-state index contributed by atoms with van der Waals surface area (Å²) in [6, 6.07) is 7.03. The summed E-state index contributed by atoms with van der Waals surface area (Å²) < 4.78 is 24.2. The highest BCUT2D eigenvalue weighted by Crippen LogP contribution is 2.59. The van der Waals surface area contributed by atoms with E-state index in [1.807, 2.05) is 24.3 Å². The van der Waals surface area contributed by atoms with Crippen LogP contribution >= 0.6 is 0 Å². The van der Waals surface area contributed by atoms with Gasteiger partial charge in [-0.05, 0) is 77.5 Å². The van der Waals surface area contributed by atoms with Gasteiger partial charge in [0.15, 0.2) is 0 Å². The van der Waals surface area contributed by atoms with Gasteiger partial charge in [-0.2, -0.15) is 0 Å². The fourth-order valence-electron chi connectivity index (χ4n) is 5.75. The molecular weight excluding hydrogens is 472 g/mol. The standard InChI is InChI=1S/C29H42N2O6/c1-18(2)9-14-23-28(4,37-23)26-25(34-5)22(15-16-29(26)17-35-29)36-24(32)8-6-7-20-10-12-21(13-11-20)31-27(33)19(3)30/h9-13,19,22-23,25-26H,6-8,14-17,30H2,1-5H3,(H,31,33)/t19-,22+,23+,25+,26+,28+,29-/m0/s1. The summed E-state index contributed by atoms with van der Waals surface area (Å²) >= 11 is 0. The molecular formula is C29H42N2O6. The number of hydrogen-bond acceptors (Lipinski definition) is 7. The second kappa shape index (κ2) is 11.2. The van der Waals surface area contributed by atoms with Gasteiger partial charge in [0.1, 0.15) is 23.4 Å². The number of aryl methyl sites for hydroxylation is 1. The fraction of sp³-hybridized carbons (Fsp3) is 0.655. The molecule has 1 aliphatic carbocycles. The molecule has 0 bridgehead atoms. The van der Waals surface area contributed by atoms with Crippen molar-refractivity contribution in [2.45, 2.75) is 102 Å². The highest BCUT2D eigenvalue weighted by atomic mass is 16.6. The van der Waals surface area contributed by atoms with E-state index in [0.29, 0.717) is 25.1 Å². The summed E-state index contributed by atoms with van der Waals surface area (Å²) in [6.07, 6.45) is 5.95. The Kier molecular flexibility index (Phi) is 8.43. The smallest absolute Gasteiger partial charge is 0.306 e. The Hall–Kier alpha value is -2.26. The molecule has 8 heteroatoms. The van der Waals surface area contributed by atoms with Crippen LogP contribution in [0.15, 0.2) is 35.9 Å². The van der Waals surface area contributed by atoms with Crippen molar-refractivity contribution in [2.75, 3.05) is 19.0 Å². The SMILES string of the molecule is CO[C@@H]1[C@H](OC(=O)CCCc2ccc(NC(=O)[C@H](C)N)cc2)CC[C@]2(CO2)[C@H]1[C@]1(C)O[C@@H]1CC=C(C)C. The Balaban J connectivity index is 1.29. The predicted molar refractivity (Wildman–Crippen MR) is 141 cm³/mol. The van der Waals surface area contributed by atoms with Gasteiger partial charge in [0.2, 0.25) is 5.91 Å². The molecule has 0 radical (unpaired) electrons. The number of carbonyl (C=O) groups is 2. The Labute approximate surface area is 220 Å². The van der Waals surface area contributed by atoms with Gasteiger partial charge < -0.3 is 30.0 Å². The van der Waals surface area contributed by atoms with Crippen molar-refractivity contribution in [3.8, 4) is 0 Å². The van der Waals surface area contributed by atoms with Gasteiger partial charge in [-0.3, -0.25) is 9.59 Å². The molecule has 1 aromatic rings. The van der Waals surface area contributed by atoms with Crippen molar-refractivity contribution in [1.82, 2.24) is 0 Å². The summed E-state index contributed by atoms with van der Waals surface area (Å²) in [5, 5.41) is 2.77. The molecule has 3 aliphatic rings. The van der Waals surface area contributed by atoms with Crippen LogP contribution in [-0.2, 0) is 35.0 Å².